The first-order valence-electron chi connectivity index (χ1n) is 7.53. The predicted octanol–water partition coefficient (Wildman–Crippen LogP) is 4.21. The lowest BCUT2D eigenvalue weighted by Gasteiger charge is -2.08. The third-order valence-corrected chi connectivity index (χ3v) is 4.63. The van der Waals surface area contributed by atoms with Crippen LogP contribution < -0.4 is 5.32 Å². The second kappa shape index (κ2) is 6.57. The molecule has 1 aromatic heterocycles. The molecule has 1 amide bonds. The zero-order chi connectivity index (χ0) is 17.3. The van der Waals surface area contributed by atoms with E-state index in [0.29, 0.717) is 11.4 Å². The van der Waals surface area contributed by atoms with E-state index in [2.05, 4.69) is 31.6 Å². The van der Waals surface area contributed by atoms with Gasteiger partial charge in [-0.15, -0.1) is 5.10 Å². The summed E-state index contributed by atoms with van der Waals surface area (Å²) in [5.41, 5.74) is 4.89. The Balaban J connectivity index is 1.89. The number of halogens is 1. The molecule has 0 spiro atoms. The Hall–Kier alpha value is -2.47. The van der Waals surface area contributed by atoms with E-state index in [1.165, 1.54) is 5.56 Å². The van der Waals surface area contributed by atoms with Crippen LogP contribution in [0, 0.1) is 20.8 Å². The second-order valence-electron chi connectivity index (χ2n) is 5.64. The van der Waals surface area contributed by atoms with E-state index in [4.69, 9.17) is 0 Å². The fourth-order valence-electron chi connectivity index (χ4n) is 2.40. The highest BCUT2D eigenvalue weighted by Crippen LogP contribution is 2.22. The third-order valence-electron chi connectivity index (χ3n) is 3.96. The normalized spacial score (nSPS) is 10.7. The molecule has 24 heavy (non-hydrogen) atoms. The number of aryl methyl sites for hydroxylation is 2. The summed E-state index contributed by atoms with van der Waals surface area (Å²) in [4.78, 5) is 12.5. The Labute approximate surface area is 148 Å². The van der Waals surface area contributed by atoms with Gasteiger partial charge in [0, 0.05) is 10.2 Å². The van der Waals surface area contributed by atoms with Crippen molar-refractivity contribution in [2.24, 2.45) is 0 Å². The highest BCUT2D eigenvalue weighted by Gasteiger charge is 2.18. The van der Waals surface area contributed by atoms with Crippen molar-refractivity contribution in [2.75, 3.05) is 5.32 Å². The molecule has 0 atom stereocenters. The van der Waals surface area contributed by atoms with Crippen molar-refractivity contribution in [3.63, 3.8) is 0 Å². The number of carbonyl (C=O) groups excluding carboxylic acids is 1. The molecule has 0 radical (unpaired) electrons. The van der Waals surface area contributed by atoms with Crippen molar-refractivity contribution in [3.8, 4) is 5.69 Å². The minimum atomic E-state index is -0.269. The van der Waals surface area contributed by atoms with E-state index >= 15 is 0 Å². The zero-order valence-electron chi connectivity index (χ0n) is 13.7. The van der Waals surface area contributed by atoms with E-state index in [1.54, 1.807) is 4.68 Å². The summed E-state index contributed by atoms with van der Waals surface area (Å²) < 4.78 is 2.54. The molecule has 122 valence electrons. The van der Waals surface area contributed by atoms with E-state index in [9.17, 15) is 4.79 Å². The van der Waals surface area contributed by atoms with E-state index in [0.717, 1.165) is 21.4 Å². The number of hydrogen-bond donors (Lipinski definition) is 1. The molecule has 0 aliphatic heterocycles. The molecule has 0 saturated carbocycles. The Kier molecular flexibility index (Phi) is 4.49. The summed E-state index contributed by atoms with van der Waals surface area (Å²) in [6.07, 6.45) is 0. The number of nitrogens with zero attached hydrogens (tertiary/aromatic N) is 3. The number of carbonyl (C=O) groups is 1. The highest BCUT2D eigenvalue weighted by molar-refractivity contribution is 9.10. The molecule has 1 N–H and O–H groups in total. The second-order valence-corrected chi connectivity index (χ2v) is 6.49. The summed E-state index contributed by atoms with van der Waals surface area (Å²) in [6.45, 7) is 5.88. The Morgan fingerprint density at radius 1 is 1.08 bits per heavy atom. The first-order chi connectivity index (χ1) is 11.5. The van der Waals surface area contributed by atoms with Crippen LogP contribution in [0.15, 0.2) is 46.9 Å². The maximum atomic E-state index is 12.5. The molecule has 5 nitrogen and oxygen atoms in total. The van der Waals surface area contributed by atoms with Crippen LogP contribution in [-0.4, -0.2) is 20.9 Å². The van der Waals surface area contributed by atoms with Gasteiger partial charge in [0.25, 0.3) is 5.91 Å². The quantitative estimate of drug-likeness (QED) is 0.735. The van der Waals surface area contributed by atoms with Crippen LogP contribution in [0.2, 0.25) is 0 Å². The van der Waals surface area contributed by atoms with Crippen LogP contribution >= 0.6 is 15.9 Å². The lowest BCUT2D eigenvalue weighted by Crippen LogP contribution is -2.14. The number of rotatable bonds is 3. The number of amides is 1. The molecule has 0 unspecified atom stereocenters. The van der Waals surface area contributed by atoms with E-state index in [-0.39, 0.29) is 5.91 Å². The van der Waals surface area contributed by atoms with Gasteiger partial charge in [0.05, 0.1) is 11.4 Å². The Bertz CT molecular complexity index is 917. The van der Waals surface area contributed by atoms with Crippen molar-refractivity contribution >= 4 is 27.5 Å². The number of aromatic nitrogens is 3. The van der Waals surface area contributed by atoms with Gasteiger partial charge in [0.2, 0.25) is 0 Å². The maximum Gasteiger partial charge on any atom is 0.278 e. The van der Waals surface area contributed by atoms with E-state index in [1.807, 2.05) is 63.2 Å². The fourth-order valence-corrected chi connectivity index (χ4v) is 2.85. The van der Waals surface area contributed by atoms with Crippen molar-refractivity contribution in [1.82, 2.24) is 15.0 Å². The molecule has 0 aliphatic rings. The topological polar surface area (TPSA) is 59.8 Å². The van der Waals surface area contributed by atoms with Crippen LogP contribution in [0.25, 0.3) is 5.69 Å². The average Bonchev–Trinajstić information content (AvgIpc) is 2.93. The largest absolute Gasteiger partial charge is 0.321 e. The number of benzene rings is 2. The van der Waals surface area contributed by atoms with Crippen LogP contribution in [-0.2, 0) is 0 Å². The summed E-state index contributed by atoms with van der Waals surface area (Å²) in [5, 5.41) is 11.0. The maximum absolute atomic E-state index is 12.5. The summed E-state index contributed by atoms with van der Waals surface area (Å²) in [6, 6.07) is 13.5. The number of para-hydroxylation sites is 1. The Morgan fingerprint density at radius 2 is 1.83 bits per heavy atom. The van der Waals surface area contributed by atoms with Gasteiger partial charge in [-0.1, -0.05) is 23.4 Å². The standard InChI is InChI=1S/C18H17BrN4O/c1-11-8-9-14(10-12(11)2)20-18(24)17-13(3)23(22-21-17)16-7-5-4-6-15(16)19/h4-10H,1-3H3,(H,20,24). The highest BCUT2D eigenvalue weighted by atomic mass is 79.9. The molecule has 0 bridgehead atoms. The van der Waals surface area contributed by atoms with Gasteiger partial charge in [-0.2, -0.15) is 0 Å². The Morgan fingerprint density at radius 3 is 2.54 bits per heavy atom. The molecule has 6 heteroatoms. The molecule has 3 rings (SSSR count). The van der Waals surface area contributed by atoms with Crippen LogP contribution in [0.5, 0.6) is 0 Å². The summed E-state index contributed by atoms with van der Waals surface area (Å²) >= 11 is 3.49. The summed E-state index contributed by atoms with van der Waals surface area (Å²) in [5.74, 6) is -0.269. The van der Waals surface area contributed by atoms with Gasteiger partial charge in [0.1, 0.15) is 0 Å². The molecule has 1 heterocycles. The number of anilines is 1. The van der Waals surface area contributed by atoms with Crippen molar-refractivity contribution in [1.29, 1.82) is 0 Å². The van der Waals surface area contributed by atoms with Gasteiger partial charge in [-0.25, -0.2) is 4.68 Å². The molecule has 3 aromatic rings. The van der Waals surface area contributed by atoms with Gasteiger partial charge in [0.15, 0.2) is 5.69 Å². The molecular formula is C18H17BrN4O. The van der Waals surface area contributed by atoms with Crippen molar-refractivity contribution < 1.29 is 4.79 Å². The predicted molar refractivity (Wildman–Crippen MR) is 97.7 cm³/mol. The zero-order valence-corrected chi connectivity index (χ0v) is 15.3. The minimum absolute atomic E-state index is 0.269. The van der Waals surface area contributed by atoms with Crippen molar-refractivity contribution in [2.45, 2.75) is 20.8 Å². The average molecular weight is 385 g/mol. The molecular weight excluding hydrogens is 368 g/mol. The third kappa shape index (κ3) is 3.10. The fraction of sp³-hybridized carbons (Fsp3) is 0.167. The van der Waals surface area contributed by atoms with Crippen LogP contribution in [0.3, 0.4) is 0 Å². The van der Waals surface area contributed by atoms with Gasteiger partial charge in [-0.3, -0.25) is 4.79 Å². The van der Waals surface area contributed by atoms with Crippen LogP contribution in [0.1, 0.15) is 27.3 Å². The molecule has 2 aromatic carbocycles. The van der Waals surface area contributed by atoms with Gasteiger partial charge in [-0.05, 0) is 72.1 Å². The molecule has 0 aliphatic carbocycles. The first kappa shape index (κ1) is 16.4. The number of hydrogen-bond acceptors (Lipinski definition) is 3. The van der Waals surface area contributed by atoms with E-state index < -0.39 is 0 Å². The summed E-state index contributed by atoms with van der Waals surface area (Å²) in [7, 11) is 0. The SMILES string of the molecule is Cc1ccc(NC(=O)c2nnn(-c3ccccc3Br)c2C)cc1C. The molecule has 0 saturated heterocycles. The van der Waals surface area contributed by atoms with Gasteiger partial charge >= 0.3 is 0 Å². The minimum Gasteiger partial charge on any atom is -0.321 e. The lowest BCUT2D eigenvalue weighted by atomic mass is 10.1. The van der Waals surface area contributed by atoms with Gasteiger partial charge < -0.3 is 5.32 Å². The first-order valence-corrected chi connectivity index (χ1v) is 8.32. The smallest absolute Gasteiger partial charge is 0.278 e. The molecule has 0 fully saturated rings. The van der Waals surface area contributed by atoms with Crippen molar-refractivity contribution in [3.05, 3.63) is 69.5 Å². The lowest BCUT2D eigenvalue weighted by molar-refractivity contribution is 0.102. The number of nitrogens with one attached hydrogen (secondary N) is 1. The van der Waals surface area contributed by atoms with Crippen LogP contribution in [0.4, 0.5) is 5.69 Å². The monoisotopic (exact) mass is 384 g/mol.